The summed E-state index contributed by atoms with van der Waals surface area (Å²) in [5.74, 6) is 2.29. The van der Waals surface area contributed by atoms with E-state index in [0.717, 1.165) is 47.0 Å². The topological polar surface area (TPSA) is 50.0 Å². The molecule has 0 amide bonds. The van der Waals surface area contributed by atoms with E-state index in [1.807, 2.05) is 30.6 Å². The van der Waals surface area contributed by atoms with Crippen LogP contribution < -0.4 is 9.47 Å². The summed E-state index contributed by atoms with van der Waals surface area (Å²) in [6.45, 7) is 5.22. The molecule has 0 saturated carbocycles. The van der Waals surface area contributed by atoms with E-state index in [9.17, 15) is 0 Å². The second kappa shape index (κ2) is 9.36. The molecule has 144 valence electrons. The third kappa shape index (κ3) is 4.57. The average Bonchev–Trinajstić information content (AvgIpc) is 3.41. The van der Waals surface area contributed by atoms with E-state index < -0.39 is 0 Å². The van der Waals surface area contributed by atoms with E-state index in [-0.39, 0.29) is 0 Å². The summed E-state index contributed by atoms with van der Waals surface area (Å²) in [5.41, 5.74) is 4.09. The van der Waals surface area contributed by atoms with Gasteiger partial charge in [-0.2, -0.15) is 0 Å². The molecule has 1 aromatic carbocycles. The van der Waals surface area contributed by atoms with Crippen molar-refractivity contribution in [3.05, 3.63) is 48.8 Å². The number of hydrogen-bond donors (Lipinski definition) is 2. The first kappa shape index (κ1) is 19.2. The maximum atomic E-state index is 6.36. The number of benzene rings is 1. The molecule has 0 aliphatic carbocycles. The molecular formula is C23H30N2O2. The molecule has 0 aliphatic heterocycles. The molecule has 4 nitrogen and oxygen atoms in total. The normalized spacial score (nSPS) is 12.1. The predicted molar refractivity (Wildman–Crippen MR) is 111 cm³/mol. The van der Waals surface area contributed by atoms with Crippen LogP contribution in [0.15, 0.2) is 48.8 Å². The highest BCUT2D eigenvalue weighted by atomic mass is 16.5. The average molecular weight is 367 g/mol. The van der Waals surface area contributed by atoms with Gasteiger partial charge < -0.3 is 19.4 Å². The molecule has 3 aromatic rings. The lowest BCUT2D eigenvalue weighted by molar-refractivity contribution is 0.234. The Kier molecular flexibility index (Phi) is 6.64. The zero-order valence-corrected chi connectivity index (χ0v) is 16.5. The molecule has 2 aromatic heterocycles. The highest BCUT2D eigenvalue weighted by molar-refractivity contribution is 5.78. The lowest BCUT2D eigenvalue weighted by Crippen LogP contribution is -2.12. The molecule has 1 unspecified atom stereocenters. The summed E-state index contributed by atoms with van der Waals surface area (Å²) >= 11 is 0. The van der Waals surface area contributed by atoms with Crippen molar-refractivity contribution in [1.82, 2.24) is 9.97 Å². The van der Waals surface area contributed by atoms with Crippen LogP contribution in [0.4, 0.5) is 0 Å². The van der Waals surface area contributed by atoms with Gasteiger partial charge in [-0.1, -0.05) is 33.1 Å². The first-order chi connectivity index (χ1) is 13.3. The summed E-state index contributed by atoms with van der Waals surface area (Å²) < 4.78 is 12.0. The summed E-state index contributed by atoms with van der Waals surface area (Å²) in [6, 6.07) is 12.3. The molecule has 0 fully saturated rings. The van der Waals surface area contributed by atoms with Crippen LogP contribution in [0.2, 0.25) is 0 Å². The van der Waals surface area contributed by atoms with Gasteiger partial charge in [0.15, 0.2) is 0 Å². The lowest BCUT2D eigenvalue weighted by Gasteiger charge is -2.19. The van der Waals surface area contributed by atoms with Gasteiger partial charge in [-0.3, -0.25) is 0 Å². The number of methoxy groups -OCH3 is 1. The summed E-state index contributed by atoms with van der Waals surface area (Å²) in [7, 11) is 1.71. The van der Waals surface area contributed by atoms with E-state index in [0.29, 0.717) is 5.92 Å². The number of unbranched alkanes of at least 4 members (excludes halogenated alkanes) is 1. The molecule has 0 bridgehead atoms. The predicted octanol–water partition coefficient (Wildman–Crippen LogP) is 6.28. The molecule has 2 N–H and O–H groups in total. The van der Waals surface area contributed by atoms with Gasteiger partial charge in [0.2, 0.25) is 0 Å². The van der Waals surface area contributed by atoms with Crippen LogP contribution in [0.25, 0.3) is 22.5 Å². The molecular weight excluding hydrogens is 336 g/mol. The van der Waals surface area contributed by atoms with Crippen molar-refractivity contribution >= 4 is 0 Å². The first-order valence-electron chi connectivity index (χ1n) is 9.89. The van der Waals surface area contributed by atoms with E-state index in [1.54, 1.807) is 7.11 Å². The van der Waals surface area contributed by atoms with Gasteiger partial charge in [0.1, 0.15) is 11.5 Å². The standard InChI is InChI=1S/C23H30N2O2/c1-4-6-9-17(5-2)16-27-23-15-18(20-10-7-12-24-20)22(26-3)14-19(23)21-11-8-13-25-21/h7-8,10-15,17,24-25H,4-6,9,16H2,1-3H3. The van der Waals surface area contributed by atoms with Crippen molar-refractivity contribution in [2.45, 2.75) is 39.5 Å². The van der Waals surface area contributed by atoms with E-state index in [4.69, 9.17) is 9.47 Å². The Morgan fingerprint density at radius 3 is 2.07 bits per heavy atom. The molecule has 1 atom stereocenters. The van der Waals surface area contributed by atoms with Gasteiger partial charge >= 0.3 is 0 Å². The maximum Gasteiger partial charge on any atom is 0.129 e. The Morgan fingerprint density at radius 1 is 0.926 bits per heavy atom. The lowest BCUT2D eigenvalue weighted by atomic mass is 10.00. The Morgan fingerprint density at radius 2 is 1.56 bits per heavy atom. The van der Waals surface area contributed by atoms with Crippen LogP contribution in [0.5, 0.6) is 11.5 Å². The zero-order valence-electron chi connectivity index (χ0n) is 16.5. The molecule has 0 spiro atoms. The summed E-state index contributed by atoms with van der Waals surface area (Å²) in [4.78, 5) is 6.56. The summed E-state index contributed by atoms with van der Waals surface area (Å²) in [6.07, 6.45) is 8.68. The van der Waals surface area contributed by atoms with Crippen molar-refractivity contribution in [2.24, 2.45) is 5.92 Å². The first-order valence-corrected chi connectivity index (χ1v) is 9.89. The molecule has 0 aliphatic rings. The second-order valence-corrected chi connectivity index (χ2v) is 6.94. The number of aromatic amines is 2. The highest BCUT2D eigenvalue weighted by Crippen LogP contribution is 2.40. The van der Waals surface area contributed by atoms with Crippen LogP contribution in [0.3, 0.4) is 0 Å². The Balaban J connectivity index is 1.95. The SMILES string of the molecule is CCCCC(CC)COc1cc(-c2ccc[nH]2)c(OC)cc1-c1ccc[nH]1. The zero-order chi connectivity index (χ0) is 19.1. The van der Waals surface area contributed by atoms with Crippen molar-refractivity contribution in [2.75, 3.05) is 13.7 Å². The smallest absolute Gasteiger partial charge is 0.129 e. The van der Waals surface area contributed by atoms with Crippen LogP contribution in [-0.4, -0.2) is 23.7 Å². The van der Waals surface area contributed by atoms with Gasteiger partial charge in [-0.25, -0.2) is 0 Å². The van der Waals surface area contributed by atoms with Gasteiger partial charge in [0.05, 0.1) is 13.7 Å². The van der Waals surface area contributed by atoms with E-state index >= 15 is 0 Å². The van der Waals surface area contributed by atoms with Crippen molar-refractivity contribution < 1.29 is 9.47 Å². The van der Waals surface area contributed by atoms with Crippen molar-refractivity contribution in [1.29, 1.82) is 0 Å². The third-order valence-corrected chi connectivity index (χ3v) is 5.10. The van der Waals surface area contributed by atoms with E-state index in [2.05, 4.69) is 42.0 Å². The number of rotatable bonds is 10. The van der Waals surface area contributed by atoms with Crippen molar-refractivity contribution in [3.63, 3.8) is 0 Å². The van der Waals surface area contributed by atoms with Gasteiger partial charge in [-0.05, 0) is 48.7 Å². The number of ether oxygens (including phenoxy) is 2. The van der Waals surface area contributed by atoms with Gasteiger partial charge in [0.25, 0.3) is 0 Å². The molecule has 3 rings (SSSR count). The van der Waals surface area contributed by atoms with Crippen LogP contribution in [-0.2, 0) is 0 Å². The largest absolute Gasteiger partial charge is 0.496 e. The minimum Gasteiger partial charge on any atom is -0.496 e. The number of hydrogen-bond acceptors (Lipinski definition) is 2. The van der Waals surface area contributed by atoms with Crippen molar-refractivity contribution in [3.8, 4) is 34.0 Å². The Hall–Kier alpha value is -2.62. The molecule has 0 saturated heterocycles. The third-order valence-electron chi connectivity index (χ3n) is 5.10. The molecule has 27 heavy (non-hydrogen) atoms. The number of nitrogens with one attached hydrogen (secondary N) is 2. The molecule has 4 heteroatoms. The number of aromatic nitrogens is 2. The van der Waals surface area contributed by atoms with Crippen LogP contribution in [0.1, 0.15) is 39.5 Å². The van der Waals surface area contributed by atoms with Crippen LogP contribution in [0, 0.1) is 5.92 Å². The maximum absolute atomic E-state index is 6.36. The van der Waals surface area contributed by atoms with Gasteiger partial charge in [-0.15, -0.1) is 0 Å². The fraction of sp³-hybridized carbons (Fsp3) is 0.391. The van der Waals surface area contributed by atoms with Crippen LogP contribution >= 0.6 is 0 Å². The number of H-pyrrole nitrogens is 2. The molecule has 0 radical (unpaired) electrons. The summed E-state index contributed by atoms with van der Waals surface area (Å²) in [5, 5.41) is 0. The Labute approximate surface area is 161 Å². The fourth-order valence-corrected chi connectivity index (χ4v) is 3.37. The van der Waals surface area contributed by atoms with E-state index in [1.165, 1.54) is 19.3 Å². The highest BCUT2D eigenvalue weighted by Gasteiger charge is 2.17. The molecule has 2 heterocycles. The monoisotopic (exact) mass is 366 g/mol. The van der Waals surface area contributed by atoms with Gasteiger partial charge in [0, 0.05) is 34.9 Å². The minimum atomic E-state index is 0.581. The Bertz CT molecular complexity index is 807. The minimum absolute atomic E-state index is 0.581. The quantitative estimate of drug-likeness (QED) is 0.443. The fourth-order valence-electron chi connectivity index (χ4n) is 3.37. The second-order valence-electron chi connectivity index (χ2n) is 6.94.